The maximum atomic E-state index is 14.4. The molecule has 1 aromatic carbocycles. The van der Waals surface area contributed by atoms with E-state index >= 15 is 0 Å². The summed E-state index contributed by atoms with van der Waals surface area (Å²) >= 11 is 6.13. The maximum absolute atomic E-state index is 14.4. The first-order valence-corrected chi connectivity index (χ1v) is 7.42. The molecule has 5 nitrogen and oxygen atoms in total. The van der Waals surface area contributed by atoms with Crippen LogP contribution in [0.3, 0.4) is 0 Å². The molecule has 2 N–H and O–H groups in total. The molecule has 0 radical (unpaired) electrons. The minimum absolute atomic E-state index is 0.0511. The SMILES string of the molecule is Cc1ccc(Cl)c(Cn2c(=O)[nH]c3cnc4[nH]ccc4c32)c1F. The van der Waals surface area contributed by atoms with Crippen LogP contribution in [0, 0.1) is 12.7 Å². The lowest BCUT2D eigenvalue weighted by Gasteiger charge is -2.09. The van der Waals surface area contributed by atoms with Crippen molar-refractivity contribution in [3.8, 4) is 0 Å². The summed E-state index contributed by atoms with van der Waals surface area (Å²) in [5.41, 5.74) is 2.42. The molecule has 4 aromatic rings. The van der Waals surface area contributed by atoms with Crippen molar-refractivity contribution in [2.75, 3.05) is 0 Å². The summed E-state index contributed by atoms with van der Waals surface area (Å²) in [6, 6.07) is 5.10. The molecule has 0 atom stereocenters. The summed E-state index contributed by atoms with van der Waals surface area (Å²) in [4.78, 5) is 22.3. The van der Waals surface area contributed by atoms with Crippen LogP contribution in [0.4, 0.5) is 4.39 Å². The fraction of sp³-hybridized carbons (Fsp3) is 0.125. The normalized spacial score (nSPS) is 11.6. The van der Waals surface area contributed by atoms with Crippen LogP contribution in [0.15, 0.2) is 35.4 Å². The monoisotopic (exact) mass is 330 g/mol. The Morgan fingerprint density at radius 2 is 2.17 bits per heavy atom. The van der Waals surface area contributed by atoms with Gasteiger partial charge in [-0.15, -0.1) is 0 Å². The van der Waals surface area contributed by atoms with Crippen molar-refractivity contribution < 1.29 is 4.39 Å². The van der Waals surface area contributed by atoms with E-state index in [1.54, 1.807) is 31.5 Å². The molecule has 0 amide bonds. The smallest absolute Gasteiger partial charge is 0.326 e. The van der Waals surface area contributed by atoms with Gasteiger partial charge in [0.1, 0.15) is 11.5 Å². The van der Waals surface area contributed by atoms with Crippen LogP contribution in [0.2, 0.25) is 5.02 Å². The predicted molar refractivity (Wildman–Crippen MR) is 87.5 cm³/mol. The number of aromatic nitrogens is 4. The summed E-state index contributed by atoms with van der Waals surface area (Å²) in [6.07, 6.45) is 3.33. The Kier molecular flexibility index (Phi) is 3.02. The average molecular weight is 331 g/mol. The Balaban J connectivity index is 2.00. The second-order valence-electron chi connectivity index (χ2n) is 5.43. The molecule has 0 saturated heterocycles. The van der Waals surface area contributed by atoms with Gasteiger partial charge in [0, 0.05) is 22.2 Å². The average Bonchev–Trinajstić information content (AvgIpc) is 3.11. The van der Waals surface area contributed by atoms with Crippen LogP contribution < -0.4 is 5.69 Å². The summed E-state index contributed by atoms with van der Waals surface area (Å²) in [6.45, 7) is 1.72. The van der Waals surface area contributed by atoms with Crippen molar-refractivity contribution in [3.05, 3.63) is 63.0 Å². The molecule has 7 heteroatoms. The number of hydrogen-bond donors (Lipinski definition) is 2. The molecule has 116 valence electrons. The van der Waals surface area contributed by atoms with Gasteiger partial charge >= 0.3 is 5.69 Å². The Bertz CT molecular complexity index is 1110. The van der Waals surface area contributed by atoms with Gasteiger partial charge in [-0.2, -0.15) is 0 Å². The Morgan fingerprint density at radius 3 is 3.00 bits per heavy atom. The highest BCUT2D eigenvalue weighted by atomic mass is 35.5. The number of fused-ring (bicyclic) bond motifs is 3. The Morgan fingerprint density at radius 1 is 1.35 bits per heavy atom. The zero-order valence-corrected chi connectivity index (χ0v) is 12.9. The standard InChI is InChI=1S/C16H12ClFN4O/c1-8-2-3-11(17)10(13(8)18)7-22-14-9-4-5-19-15(9)20-6-12(14)21-16(22)23/h2-6H,7H2,1H3,(H,19,20)(H,21,23). The molecule has 0 unspecified atom stereocenters. The largest absolute Gasteiger partial charge is 0.346 e. The van der Waals surface area contributed by atoms with Gasteiger partial charge in [-0.1, -0.05) is 17.7 Å². The van der Waals surface area contributed by atoms with Crippen molar-refractivity contribution >= 4 is 33.7 Å². The number of aromatic amines is 2. The van der Waals surface area contributed by atoms with Gasteiger partial charge in [0.15, 0.2) is 0 Å². The molecular formula is C16H12ClFN4O. The van der Waals surface area contributed by atoms with Crippen molar-refractivity contribution in [2.24, 2.45) is 0 Å². The lowest BCUT2D eigenvalue weighted by molar-refractivity contribution is 0.591. The second kappa shape index (κ2) is 4.96. The molecule has 0 aliphatic heterocycles. The fourth-order valence-electron chi connectivity index (χ4n) is 2.83. The maximum Gasteiger partial charge on any atom is 0.326 e. The number of halogens is 2. The van der Waals surface area contributed by atoms with Crippen LogP contribution in [-0.4, -0.2) is 19.5 Å². The number of H-pyrrole nitrogens is 2. The number of aryl methyl sites for hydroxylation is 1. The van der Waals surface area contributed by atoms with E-state index in [0.29, 0.717) is 32.8 Å². The number of hydrogen-bond acceptors (Lipinski definition) is 2. The first kappa shape index (κ1) is 14.0. The summed E-state index contributed by atoms with van der Waals surface area (Å²) in [7, 11) is 0. The first-order chi connectivity index (χ1) is 11.1. The van der Waals surface area contributed by atoms with Gasteiger partial charge in [-0.05, 0) is 24.6 Å². The van der Waals surface area contributed by atoms with E-state index in [0.717, 1.165) is 5.39 Å². The molecule has 0 bridgehead atoms. The van der Waals surface area contributed by atoms with E-state index in [9.17, 15) is 9.18 Å². The zero-order chi connectivity index (χ0) is 16.1. The topological polar surface area (TPSA) is 66.5 Å². The van der Waals surface area contributed by atoms with E-state index in [2.05, 4.69) is 15.0 Å². The van der Waals surface area contributed by atoms with E-state index in [1.165, 1.54) is 4.57 Å². The van der Waals surface area contributed by atoms with Crippen molar-refractivity contribution in [1.29, 1.82) is 0 Å². The number of benzene rings is 1. The molecule has 0 spiro atoms. The van der Waals surface area contributed by atoms with Crippen molar-refractivity contribution in [3.63, 3.8) is 0 Å². The molecule has 3 aromatic heterocycles. The van der Waals surface area contributed by atoms with E-state index < -0.39 is 5.82 Å². The van der Waals surface area contributed by atoms with Crippen molar-refractivity contribution in [1.82, 2.24) is 19.5 Å². The number of imidazole rings is 1. The summed E-state index contributed by atoms with van der Waals surface area (Å²) in [5, 5.41) is 1.10. The van der Waals surface area contributed by atoms with Gasteiger partial charge in [-0.3, -0.25) is 4.57 Å². The van der Waals surface area contributed by atoms with Gasteiger partial charge < -0.3 is 9.97 Å². The van der Waals surface area contributed by atoms with E-state index in [4.69, 9.17) is 11.6 Å². The van der Waals surface area contributed by atoms with Crippen LogP contribution in [-0.2, 0) is 6.54 Å². The van der Waals surface area contributed by atoms with Gasteiger partial charge in [-0.25, -0.2) is 14.2 Å². The fourth-order valence-corrected chi connectivity index (χ4v) is 3.03. The molecule has 0 aliphatic carbocycles. The Labute approximate surface area is 134 Å². The summed E-state index contributed by atoms with van der Waals surface area (Å²) in [5.74, 6) is -0.391. The number of nitrogens with zero attached hydrogens (tertiary/aromatic N) is 2. The van der Waals surface area contributed by atoms with E-state index in [1.807, 2.05) is 6.07 Å². The lowest BCUT2D eigenvalue weighted by Crippen LogP contribution is -2.18. The molecule has 0 saturated carbocycles. The minimum Gasteiger partial charge on any atom is -0.346 e. The number of rotatable bonds is 2. The third-order valence-electron chi connectivity index (χ3n) is 4.01. The molecule has 0 fully saturated rings. The quantitative estimate of drug-likeness (QED) is 0.592. The molecule has 3 heterocycles. The highest BCUT2D eigenvalue weighted by Crippen LogP contribution is 2.26. The Hall–Kier alpha value is -2.60. The van der Waals surface area contributed by atoms with Gasteiger partial charge in [0.25, 0.3) is 0 Å². The van der Waals surface area contributed by atoms with E-state index in [-0.39, 0.29) is 12.2 Å². The number of pyridine rings is 1. The van der Waals surface area contributed by atoms with Crippen LogP contribution in [0.1, 0.15) is 11.1 Å². The zero-order valence-electron chi connectivity index (χ0n) is 12.2. The molecule has 23 heavy (non-hydrogen) atoms. The van der Waals surface area contributed by atoms with Crippen LogP contribution in [0.5, 0.6) is 0 Å². The van der Waals surface area contributed by atoms with Crippen LogP contribution >= 0.6 is 11.6 Å². The van der Waals surface area contributed by atoms with Crippen LogP contribution in [0.25, 0.3) is 22.1 Å². The molecule has 0 aliphatic rings. The number of nitrogens with one attached hydrogen (secondary N) is 2. The lowest BCUT2D eigenvalue weighted by atomic mass is 10.1. The second-order valence-corrected chi connectivity index (χ2v) is 5.84. The third kappa shape index (κ3) is 2.06. The third-order valence-corrected chi connectivity index (χ3v) is 4.36. The molecular weight excluding hydrogens is 319 g/mol. The van der Waals surface area contributed by atoms with Crippen molar-refractivity contribution in [2.45, 2.75) is 13.5 Å². The van der Waals surface area contributed by atoms with Gasteiger partial charge in [0.05, 0.1) is 23.8 Å². The summed E-state index contributed by atoms with van der Waals surface area (Å²) < 4.78 is 15.9. The predicted octanol–water partition coefficient (Wildman–Crippen LogP) is 3.36. The van der Waals surface area contributed by atoms with Gasteiger partial charge in [0.2, 0.25) is 0 Å². The highest BCUT2D eigenvalue weighted by Gasteiger charge is 2.16. The highest BCUT2D eigenvalue weighted by molar-refractivity contribution is 6.31. The minimum atomic E-state index is -0.391. The first-order valence-electron chi connectivity index (χ1n) is 7.04. The molecule has 4 rings (SSSR count).